The fourth-order valence-corrected chi connectivity index (χ4v) is 4.78. The maximum Gasteiger partial charge on any atom is 0.150 e. The van der Waals surface area contributed by atoms with Gasteiger partial charge < -0.3 is 5.32 Å². The summed E-state index contributed by atoms with van der Waals surface area (Å²) in [5.74, 6) is 0.972. The number of hydrogen-bond acceptors (Lipinski definition) is 4. The molecule has 2 heterocycles. The third kappa shape index (κ3) is 4.31. The van der Waals surface area contributed by atoms with E-state index in [1.165, 1.54) is 5.56 Å². The van der Waals surface area contributed by atoms with Gasteiger partial charge in [-0.05, 0) is 43.7 Å². The lowest BCUT2D eigenvalue weighted by atomic mass is 9.94. The van der Waals surface area contributed by atoms with Crippen molar-refractivity contribution in [2.24, 2.45) is 13.0 Å². The largest absolute Gasteiger partial charge is 0.314 e. The Hall–Kier alpha value is -0.880. The second-order valence-electron chi connectivity index (χ2n) is 5.78. The molecule has 1 fully saturated rings. The van der Waals surface area contributed by atoms with Crippen molar-refractivity contribution < 1.29 is 8.42 Å². The number of nitrogens with one attached hydrogen (secondary N) is 1. The lowest BCUT2D eigenvalue weighted by molar-refractivity contribution is 0.362. The van der Waals surface area contributed by atoms with Gasteiger partial charge in [-0.2, -0.15) is 5.10 Å². The van der Waals surface area contributed by atoms with Crippen LogP contribution in [-0.2, 0) is 23.3 Å². The predicted octanol–water partition coefficient (Wildman–Crippen LogP) is 1.16. The molecule has 0 aromatic carbocycles. The third-order valence-corrected chi connectivity index (χ3v) is 5.79. The van der Waals surface area contributed by atoms with Crippen molar-refractivity contribution in [2.75, 3.05) is 18.1 Å². The summed E-state index contributed by atoms with van der Waals surface area (Å²) in [7, 11) is -0.884. The second-order valence-corrected chi connectivity index (χ2v) is 8.01. The molecule has 0 bridgehead atoms. The second kappa shape index (κ2) is 6.72. The van der Waals surface area contributed by atoms with Crippen molar-refractivity contribution in [1.29, 1.82) is 0 Å². The summed E-state index contributed by atoms with van der Waals surface area (Å²) < 4.78 is 25.1. The van der Waals surface area contributed by atoms with Gasteiger partial charge in [0.1, 0.15) is 0 Å². The first-order chi connectivity index (χ1) is 9.50. The molecule has 2 rings (SSSR count). The van der Waals surface area contributed by atoms with Gasteiger partial charge in [0, 0.05) is 19.3 Å². The van der Waals surface area contributed by atoms with E-state index in [1.807, 2.05) is 24.1 Å². The van der Waals surface area contributed by atoms with Crippen molar-refractivity contribution in [3.05, 3.63) is 18.0 Å². The van der Waals surface area contributed by atoms with Crippen LogP contribution in [0.1, 0.15) is 31.7 Å². The fourth-order valence-electron chi connectivity index (χ4n) is 2.90. The number of nitrogens with zero attached hydrogens (tertiary/aromatic N) is 2. The zero-order valence-corrected chi connectivity index (χ0v) is 13.2. The molecule has 1 aromatic heterocycles. The van der Waals surface area contributed by atoms with Gasteiger partial charge in [-0.1, -0.05) is 6.92 Å². The lowest BCUT2D eigenvalue weighted by Gasteiger charge is -2.23. The normalized spacial score (nSPS) is 23.0. The van der Waals surface area contributed by atoms with Crippen molar-refractivity contribution in [1.82, 2.24) is 15.1 Å². The molecule has 0 spiro atoms. The molecule has 1 aliphatic heterocycles. The zero-order valence-electron chi connectivity index (χ0n) is 12.4. The van der Waals surface area contributed by atoms with Crippen LogP contribution in [0.25, 0.3) is 0 Å². The summed E-state index contributed by atoms with van der Waals surface area (Å²) in [5.41, 5.74) is 1.22. The van der Waals surface area contributed by atoms with Gasteiger partial charge in [0.2, 0.25) is 0 Å². The summed E-state index contributed by atoms with van der Waals surface area (Å²) in [4.78, 5) is 0. The summed E-state index contributed by atoms with van der Waals surface area (Å²) in [6.45, 7) is 3.09. The molecule has 1 aliphatic rings. The van der Waals surface area contributed by atoms with Gasteiger partial charge in [0.25, 0.3) is 0 Å². The highest BCUT2D eigenvalue weighted by Gasteiger charge is 2.33. The van der Waals surface area contributed by atoms with Crippen molar-refractivity contribution in [3.8, 4) is 0 Å². The minimum atomic E-state index is -2.80. The average molecular weight is 299 g/mol. The van der Waals surface area contributed by atoms with Crippen LogP contribution in [0.15, 0.2) is 12.4 Å². The molecule has 2 unspecified atom stereocenters. The quantitative estimate of drug-likeness (QED) is 0.820. The first-order valence-corrected chi connectivity index (χ1v) is 9.23. The lowest BCUT2D eigenvalue weighted by Crippen LogP contribution is -2.37. The molecule has 1 saturated heterocycles. The Bertz CT molecular complexity index is 524. The van der Waals surface area contributed by atoms with Crippen molar-refractivity contribution in [2.45, 2.75) is 38.6 Å². The molecule has 0 radical (unpaired) electrons. The molecule has 1 N–H and O–H groups in total. The topological polar surface area (TPSA) is 64.0 Å². The average Bonchev–Trinajstić information content (AvgIpc) is 2.95. The maximum absolute atomic E-state index is 11.7. The first-order valence-electron chi connectivity index (χ1n) is 7.41. The minimum absolute atomic E-state index is 0.267. The SMILES string of the molecule is CCCNC(CCc1cnn(C)c1)C1CCS(=O)(=O)C1. The van der Waals surface area contributed by atoms with E-state index in [9.17, 15) is 8.42 Å². The van der Waals surface area contributed by atoms with Gasteiger partial charge in [-0.3, -0.25) is 4.68 Å². The maximum atomic E-state index is 11.7. The van der Waals surface area contributed by atoms with Crippen molar-refractivity contribution >= 4 is 9.84 Å². The number of aromatic nitrogens is 2. The minimum Gasteiger partial charge on any atom is -0.314 e. The number of hydrogen-bond donors (Lipinski definition) is 1. The number of sulfone groups is 1. The standard InChI is InChI=1S/C14H25N3O2S/c1-3-7-15-14(13-6-8-20(18,19)11-13)5-4-12-9-16-17(2)10-12/h9-10,13-15H,3-8,11H2,1-2H3. The van der Waals surface area contributed by atoms with Gasteiger partial charge in [0.05, 0.1) is 17.7 Å². The van der Waals surface area contributed by atoms with Crippen LogP contribution >= 0.6 is 0 Å². The highest BCUT2D eigenvalue weighted by Crippen LogP contribution is 2.24. The smallest absolute Gasteiger partial charge is 0.150 e. The Kier molecular flexibility index (Phi) is 5.21. The monoisotopic (exact) mass is 299 g/mol. The van der Waals surface area contributed by atoms with E-state index >= 15 is 0 Å². The summed E-state index contributed by atoms with van der Waals surface area (Å²) in [6, 6.07) is 0.299. The van der Waals surface area contributed by atoms with E-state index < -0.39 is 9.84 Å². The molecule has 5 nitrogen and oxygen atoms in total. The fraction of sp³-hybridized carbons (Fsp3) is 0.786. The number of aryl methyl sites for hydroxylation is 2. The first kappa shape index (κ1) is 15.5. The van der Waals surface area contributed by atoms with Crippen molar-refractivity contribution in [3.63, 3.8) is 0 Å². The number of rotatable bonds is 7. The van der Waals surface area contributed by atoms with E-state index in [-0.39, 0.29) is 5.92 Å². The summed E-state index contributed by atoms with van der Waals surface area (Å²) >= 11 is 0. The molecule has 1 aromatic rings. The highest BCUT2D eigenvalue weighted by atomic mass is 32.2. The van der Waals surface area contributed by atoms with E-state index in [1.54, 1.807) is 0 Å². The molecule has 0 saturated carbocycles. The Morgan fingerprint density at radius 3 is 2.90 bits per heavy atom. The van der Waals surface area contributed by atoms with E-state index in [4.69, 9.17) is 0 Å². The van der Waals surface area contributed by atoms with Crippen LogP contribution in [0, 0.1) is 5.92 Å². The van der Waals surface area contributed by atoms with E-state index in [0.29, 0.717) is 17.5 Å². The molecular formula is C14H25N3O2S. The molecule has 114 valence electrons. The van der Waals surface area contributed by atoms with Gasteiger partial charge in [-0.25, -0.2) is 8.42 Å². The van der Waals surface area contributed by atoms with Crippen LogP contribution in [-0.4, -0.2) is 42.3 Å². The highest BCUT2D eigenvalue weighted by molar-refractivity contribution is 7.91. The Balaban J connectivity index is 1.93. The van der Waals surface area contributed by atoms with Gasteiger partial charge >= 0.3 is 0 Å². The molecule has 20 heavy (non-hydrogen) atoms. The summed E-state index contributed by atoms with van der Waals surface area (Å²) in [5, 5.41) is 7.71. The van der Waals surface area contributed by atoms with Crippen LogP contribution < -0.4 is 5.32 Å². The van der Waals surface area contributed by atoms with Gasteiger partial charge in [0.15, 0.2) is 9.84 Å². The molecular weight excluding hydrogens is 274 g/mol. The van der Waals surface area contributed by atoms with E-state index in [2.05, 4.69) is 17.3 Å². The van der Waals surface area contributed by atoms with Crippen LogP contribution in [0.5, 0.6) is 0 Å². The van der Waals surface area contributed by atoms with E-state index in [0.717, 1.165) is 32.2 Å². The molecule has 0 aliphatic carbocycles. The predicted molar refractivity (Wildman–Crippen MR) is 80.4 cm³/mol. The molecule has 2 atom stereocenters. The molecule has 6 heteroatoms. The Morgan fingerprint density at radius 2 is 2.35 bits per heavy atom. The third-order valence-electron chi connectivity index (χ3n) is 4.00. The van der Waals surface area contributed by atoms with Gasteiger partial charge in [-0.15, -0.1) is 0 Å². The Labute approximate surface area is 121 Å². The van der Waals surface area contributed by atoms with Crippen LogP contribution in [0.2, 0.25) is 0 Å². The molecule has 0 amide bonds. The van der Waals surface area contributed by atoms with Crippen LogP contribution in [0.3, 0.4) is 0 Å². The Morgan fingerprint density at radius 1 is 1.55 bits per heavy atom. The summed E-state index contributed by atoms with van der Waals surface area (Å²) in [6.07, 6.45) is 7.72. The zero-order chi connectivity index (χ0) is 14.6. The van der Waals surface area contributed by atoms with Crippen LogP contribution in [0.4, 0.5) is 0 Å².